The molecule has 0 unspecified atom stereocenters. The molecule has 0 saturated heterocycles. The fourth-order valence-electron chi connectivity index (χ4n) is 3.99. The Hall–Kier alpha value is -2.18. The highest BCUT2D eigenvalue weighted by Crippen LogP contribution is 2.32. The lowest BCUT2D eigenvalue weighted by Crippen LogP contribution is -2.45. The largest absolute Gasteiger partial charge is 0.478 e. The number of rotatable bonds is 5. The van der Waals surface area contributed by atoms with Gasteiger partial charge in [0.15, 0.2) is 5.90 Å². The molecule has 0 amide bonds. The fraction of sp³-hybridized carbons (Fsp3) is 0.409. The monoisotopic (exact) mass is 398 g/mol. The van der Waals surface area contributed by atoms with Gasteiger partial charge in [-0.05, 0) is 37.5 Å². The summed E-state index contributed by atoms with van der Waals surface area (Å²) in [4.78, 5) is 5.11. The first-order chi connectivity index (χ1) is 13.5. The Morgan fingerprint density at radius 2 is 1.71 bits per heavy atom. The first-order valence-electron chi connectivity index (χ1n) is 9.87. The van der Waals surface area contributed by atoms with Crippen molar-refractivity contribution in [1.29, 1.82) is 0 Å². The van der Waals surface area contributed by atoms with Gasteiger partial charge in [-0.3, -0.25) is 0 Å². The number of benzene rings is 2. The fourth-order valence-corrected chi connectivity index (χ4v) is 5.30. The van der Waals surface area contributed by atoms with Crippen molar-refractivity contribution in [2.24, 2.45) is 10.9 Å². The summed E-state index contributed by atoms with van der Waals surface area (Å²) in [6, 6.07) is 16.9. The lowest BCUT2D eigenvalue weighted by Gasteiger charge is -2.31. The molecule has 1 saturated carbocycles. The lowest BCUT2D eigenvalue weighted by atomic mass is 9.85. The van der Waals surface area contributed by atoms with E-state index >= 15 is 0 Å². The summed E-state index contributed by atoms with van der Waals surface area (Å²) < 4.78 is 34.6. The molecule has 1 fully saturated rings. The van der Waals surface area contributed by atoms with Crippen LogP contribution in [0.2, 0.25) is 0 Å². The van der Waals surface area contributed by atoms with Gasteiger partial charge in [-0.15, -0.1) is 0 Å². The van der Waals surface area contributed by atoms with E-state index in [0.29, 0.717) is 17.4 Å². The summed E-state index contributed by atoms with van der Waals surface area (Å²) in [5.74, 6) is 0.688. The Kier molecular flexibility index (Phi) is 5.51. The van der Waals surface area contributed by atoms with Gasteiger partial charge in [-0.2, -0.15) is 0 Å². The molecule has 1 N–H and O–H groups in total. The van der Waals surface area contributed by atoms with Crippen LogP contribution < -0.4 is 4.72 Å². The minimum Gasteiger partial charge on any atom is -0.478 e. The summed E-state index contributed by atoms with van der Waals surface area (Å²) in [6.07, 6.45) is 3.76. The van der Waals surface area contributed by atoms with E-state index in [9.17, 15) is 8.42 Å². The molecule has 1 aliphatic heterocycles. The number of nitrogens with one attached hydrogen (secondary N) is 1. The number of hydrogen-bond acceptors (Lipinski definition) is 4. The van der Waals surface area contributed by atoms with Gasteiger partial charge < -0.3 is 4.74 Å². The van der Waals surface area contributed by atoms with Gasteiger partial charge in [0.25, 0.3) is 0 Å². The molecule has 5 nitrogen and oxygen atoms in total. The molecule has 0 bridgehead atoms. The molecule has 6 heteroatoms. The van der Waals surface area contributed by atoms with Crippen molar-refractivity contribution in [3.63, 3.8) is 0 Å². The minimum atomic E-state index is -3.57. The van der Waals surface area contributed by atoms with Crippen molar-refractivity contribution in [2.75, 3.05) is 6.61 Å². The Morgan fingerprint density at radius 1 is 1.00 bits per heavy atom. The van der Waals surface area contributed by atoms with Crippen molar-refractivity contribution >= 4 is 15.9 Å². The van der Waals surface area contributed by atoms with Crippen molar-refractivity contribution in [2.45, 2.75) is 49.6 Å². The molecule has 148 valence electrons. The van der Waals surface area contributed by atoms with Crippen LogP contribution in [0, 0.1) is 12.8 Å². The van der Waals surface area contributed by atoms with E-state index in [-0.39, 0.29) is 18.0 Å². The Bertz CT molecular complexity index is 940. The highest BCUT2D eigenvalue weighted by atomic mass is 32.2. The van der Waals surface area contributed by atoms with Crippen molar-refractivity contribution in [1.82, 2.24) is 4.72 Å². The molecule has 2 aromatic rings. The average Bonchev–Trinajstić information content (AvgIpc) is 3.19. The first-order valence-corrected chi connectivity index (χ1v) is 11.4. The predicted octanol–water partition coefficient (Wildman–Crippen LogP) is 4.00. The van der Waals surface area contributed by atoms with Gasteiger partial charge in [0.05, 0.1) is 10.8 Å². The van der Waals surface area contributed by atoms with E-state index in [1.165, 1.54) is 0 Å². The number of ether oxygens (including phenoxy) is 1. The van der Waals surface area contributed by atoms with Crippen LogP contribution in [0.4, 0.5) is 0 Å². The molecule has 4 rings (SSSR count). The zero-order valence-corrected chi connectivity index (χ0v) is 16.9. The molecular weight excluding hydrogens is 372 g/mol. The average molecular weight is 399 g/mol. The van der Waals surface area contributed by atoms with E-state index in [4.69, 9.17) is 9.73 Å². The maximum absolute atomic E-state index is 12.9. The maximum atomic E-state index is 12.9. The summed E-state index contributed by atoms with van der Waals surface area (Å²) in [6.45, 7) is 2.47. The molecule has 1 aliphatic carbocycles. The standard InChI is InChI=1S/C22H26N2O3S/c1-16-11-13-18(14-12-16)28(25,26)24-20-10-6-5-9-19(20)22-23-21(15-27-22)17-7-3-2-4-8-17/h2-4,7-8,11-14,19-21,24H,5-6,9-10,15H2,1H3/t19-,20+,21+/m0/s1. The normalized spacial score (nSPS) is 25.2. The zero-order valence-electron chi connectivity index (χ0n) is 16.0. The van der Waals surface area contributed by atoms with Gasteiger partial charge in [-0.1, -0.05) is 60.9 Å². The minimum absolute atomic E-state index is 0.00696. The quantitative estimate of drug-likeness (QED) is 0.828. The number of sulfonamides is 1. The molecular formula is C22H26N2O3S. The highest BCUT2D eigenvalue weighted by Gasteiger charge is 2.36. The van der Waals surface area contributed by atoms with E-state index in [2.05, 4.69) is 16.9 Å². The lowest BCUT2D eigenvalue weighted by molar-refractivity contribution is 0.263. The summed E-state index contributed by atoms with van der Waals surface area (Å²) in [7, 11) is -3.57. The molecule has 2 aromatic carbocycles. The van der Waals surface area contributed by atoms with Crippen LogP contribution in [0.15, 0.2) is 64.5 Å². The van der Waals surface area contributed by atoms with Crippen LogP contribution in [-0.2, 0) is 14.8 Å². The SMILES string of the molecule is Cc1ccc(S(=O)(=O)N[C@@H]2CCCC[C@@H]2C2=N[C@@H](c3ccccc3)CO2)cc1. The van der Waals surface area contributed by atoms with Crippen LogP contribution in [0.3, 0.4) is 0 Å². The van der Waals surface area contributed by atoms with E-state index in [1.54, 1.807) is 12.1 Å². The van der Waals surface area contributed by atoms with E-state index < -0.39 is 10.0 Å². The number of nitrogens with zero attached hydrogens (tertiary/aromatic N) is 1. The third kappa shape index (κ3) is 4.13. The van der Waals surface area contributed by atoms with E-state index in [1.807, 2.05) is 37.3 Å². The molecule has 0 spiro atoms. The van der Waals surface area contributed by atoms with Crippen LogP contribution in [0.25, 0.3) is 0 Å². The Labute approximate surface area is 166 Å². The molecule has 28 heavy (non-hydrogen) atoms. The topological polar surface area (TPSA) is 67.8 Å². The second kappa shape index (κ2) is 8.05. The zero-order chi connectivity index (χ0) is 19.6. The second-order valence-electron chi connectivity index (χ2n) is 7.64. The van der Waals surface area contributed by atoms with Crippen LogP contribution in [0.1, 0.15) is 42.9 Å². The summed E-state index contributed by atoms with van der Waals surface area (Å²) in [5, 5.41) is 0. The van der Waals surface area contributed by atoms with Crippen LogP contribution in [-0.4, -0.2) is 27.0 Å². The summed E-state index contributed by atoms with van der Waals surface area (Å²) in [5.41, 5.74) is 2.17. The second-order valence-corrected chi connectivity index (χ2v) is 9.35. The Balaban J connectivity index is 1.53. The number of hydrogen-bond donors (Lipinski definition) is 1. The van der Waals surface area contributed by atoms with Crippen LogP contribution in [0.5, 0.6) is 0 Å². The first kappa shape index (κ1) is 19.2. The van der Waals surface area contributed by atoms with Gasteiger partial charge in [0, 0.05) is 6.04 Å². The predicted molar refractivity (Wildman–Crippen MR) is 110 cm³/mol. The van der Waals surface area contributed by atoms with Crippen molar-refractivity contribution in [3.8, 4) is 0 Å². The van der Waals surface area contributed by atoms with Gasteiger partial charge in [0.2, 0.25) is 10.0 Å². The third-order valence-electron chi connectivity index (χ3n) is 5.58. The molecule has 1 heterocycles. The molecule has 3 atom stereocenters. The molecule has 0 aromatic heterocycles. The van der Waals surface area contributed by atoms with Gasteiger partial charge in [-0.25, -0.2) is 18.1 Å². The van der Waals surface area contributed by atoms with Crippen molar-refractivity contribution in [3.05, 3.63) is 65.7 Å². The number of aryl methyl sites for hydroxylation is 1. The Morgan fingerprint density at radius 3 is 2.46 bits per heavy atom. The third-order valence-corrected chi connectivity index (χ3v) is 7.08. The van der Waals surface area contributed by atoms with Crippen molar-refractivity contribution < 1.29 is 13.2 Å². The molecule has 0 radical (unpaired) electrons. The highest BCUT2D eigenvalue weighted by molar-refractivity contribution is 7.89. The molecule has 2 aliphatic rings. The summed E-state index contributed by atoms with van der Waals surface area (Å²) >= 11 is 0. The smallest absolute Gasteiger partial charge is 0.240 e. The van der Waals surface area contributed by atoms with Gasteiger partial charge >= 0.3 is 0 Å². The van der Waals surface area contributed by atoms with E-state index in [0.717, 1.165) is 36.8 Å². The maximum Gasteiger partial charge on any atom is 0.240 e. The number of aliphatic imine (C=N–C) groups is 1. The van der Waals surface area contributed by atoms with Gasteiger partial charge in [0.1, 0.15) is 12.6 Å². The van der Waals surface area contributed by atoms with Crippen LogP contribution >= 0.6 is 0 Å².